The Morgan fingerprint density at radius 2 is 1.61 bits per heavy atom. The van der Waals surface area contributed by atoms with Gasteiger partial charge in [0.25, 0.3) is 0 Å². The van der Waals surface area contributed by atoms with Crippen molar-refractivity contribution in [1.29, 1.82) is 0 Å². The van der Waals surface area contributed by atoms with Crippen molar-refractivity contribution in [3.05, 3.63) is 24.3 Å². The van der Waals surface area contributed by atoms with Crippen molar-refractivity contribution in [3.8, 4) is 0 Å². The second-order valence-electron chi connectivity index (χ2n) is 3.57. The molecule has 0 unspecified atom stereocenters. The summed E-state index contributed by atoms with van der Waals surface area (Å²) in [6, 6.07) is 5.44. The van der Waals surface area contributed by atoms with Crippen molar-refractivity contribution in [2.24, 2.45) is 11.5 Å². The largest absolute Gasteiger partial charge is 0.351 e. The van der Waals surface area contributed by atoms with Gasteiger partial charge in [0.1, 0.15) is 0 Å². The third kappa shape index (κ3) is 5.03. The van der Waals surface area contributed by atoms with Crippen LogP contribution in [0, 0.1) is 0 Å². The Balaban J connectivity index is 0.00000289. The molecule has 1 atom stereocenters. The lowest BCUT2D eigenvalue weighted by Gasteiger charge is -2.10. The summed E-state index contributed by atoms with van der Waals surface area (Å²) < 4.78 is 0. The first-order valence-corrected chi connectivity index (χ1v) is 5.26. The fourth-order valence-corrected chi connectivity index (χ4v) is 1.20. The van der Waals surface area contributed by atoms with Crippen LogP contribution < -0.4 is 22.1 Å². The summed E-state index contributed by atoms with van der Waals surface area (Å²) in [7, 11) is 0. The first-order valence-electron chi connectivity index (χ1n) is 5.26. The van der Waals surface area contributed by atoms with Gasteiger partial charge in [-0.2, -0.15) is 0 Å². The number of nitrogens with one attached hydrogen (secondary N) is 2. The minimum atomic E-state index is -0.630. The van der Waals surface area contributed by atoms with Gasteiger partial charge in [0.05, 0.1) is 6.04 Å². The number of carbonyl (C=O) groups is 2. The molecule has 1 aromatic carbocycles. The molecule has 6 nitrogen and oxygen atoms in total. The van der Waals surface area contributed by atoms with E-state index in [1.807, 2.05) is 6.92 Å². The van der Waals surface area contributed by atoms with Crippen LogP contribution in [0.2, 0.25) is 0 Å². The number of hydrogen-bond acceptors (Lipinski definition) is 3. The second kappa shape index (κ2) is 7.52. The van der Waals surface area contributed by atoms with Gasteiger partial charge >= 0.3 is 6.03 Å². The Labute approximate surface area is 112 Å². The molecule has 1 rings (SSSR count). The zero-order valence-corrected chi connectivity index (χ0v) is 10.8. The highest BCUT2D eigenvalue weighted by Crippen LogP contribution is 2.13. The van der Waals surface area contributed by atoms with Crippen molar-refractivity contribution >= 4 is 35.7 Å². The molecule has 3 amide bonds. The minimum absolute atomic E-state index is 0. The normalized spacial score (nSPS) is 11.0. The first-order chi connectivity index (χ1) is 8.02. The Hall–Kier alpha value is -1.79. The van der Waals surface area contributed by atoms with Gasteiger partial charge in [-0.15, -0.1) is 12.4 Å². The van der Waals surface area contributed by atoms with Crippen LogP contribution in [0.3, 0.4) is 0 Å². The number of carbonyl (C=O) groups excluding carboxylic acids is 2. The van der Waals surface area contributed by atoms with Gasteiger partial charge in [-0.25, -0.2) is 4.79 Å². The molecule has 0 saturated carbocycles. The van der Waals surface area contributed by atoms with E-state index in [0.29, 0.717) is 17.8 Å². The van der Waals surface area contributed by atoms with Gasteiger partial charge in [-0.05, 0) is 30.7 Å². The number of halogens is 1. The number of benzene rings is 1. The summed E-state index contributed by atoms with van der Waals surface area (Å²) in [4.78, 5) is 22.1. The van der Waals surface area contributed by atoms with Crippen molar-refractivity contribution in [2.75, 3.05) is 10.6 Å². The molecule has 100 valence electrons. The molecule has 0 aliphatic carbocycles. The van der Waals surface area contributed by atoms with Gasteiger partial charge < -0.3 is 22.1 Å². The standard InChI is InChI=1S/C11H16N4O2.ClH/c1-2-9(12)10(16)14-7-3-5-8(6-4-7)15-11(13)17;/h3-6,9H,2,12H2,1H3,(H,14,16)(H3,13,15,17);1H/t9-;/m0./s1. The van der Waals surface area contributed by atoms with E-state index in [-0.39, 0.29) is 18.3 Å². The summed E-state index contributed by atoms with van der Waals surface area (Å²) in [5, 5.41) is 5.09. The van der Waals surface area contributed by atoms with E-state index < -0.39 is 12.1 Å². The zero-order valence-electron chi connectivity index (χ0n) is 9.97. The van der Waals surface area contributed by atoms with Crippen molar-refractivity contribution in [3.63, 3.8) is 0 Å². The van der Waals surface area contributed by atoms with Crippen molar-refractivity contribution < 1.29 is 9.59 Å². The molecular weight excluding hydrogens is 256 g/mol. The number of nitrogens with two attached hydrogens (primary N) is 2. The predicted molar refractivity (Wildman–Crippen MR) is 73.8 cm³/mol. The van der Waals surface area contributed by atoms with Crippen LogP contribution in [0.15, 0.2) is 24.3 Å². The van der Waals surface area contributed by atoms with Crippen molar-refractivity contribution in [1.82, 2.24) is 0 Å². The second-order valence-corrected chi connectivity index (χ2v) is 3.57. The number of hydrogen-bond donors (Lipinski definition) is 4. The smallest absolute Gasteiger partial charge is 0.316 e. The molecule has 0 spiro atoms. The summed E-state index contributed by atoms with van der Waals surface area (Å²) in [6.45, 7) is 1.84. The highest BCUT2D eigenvalue weighted by atomic mass is 35.5. The molecule has 0 aromatic heterocycles. The molecule has 0 bridgehead atoms. The van der Waals surface area contributed by atoms with E-state index in [9.17, 15) is 9.59 Å². The molecule has 0 fully saturated rings. The first kappa shape index (κ1) is 16.2. The molecule has 0 aliphatic heterocycles. The van der Waals surface area contributed by atoms with Crippen LogP contribution in [-0.2, 0) is 4.79 Å². The maximum atomic E-state index is 11.5. The molecule has 1 aromatic rings. The van der Waals surface area contributed by atoms with Crippen LogP contribution in [0.5, 0.6) is 0 Å². The molecule has 7 heteroatoms. The van der Waals surface area contributed by atoms with Crippen LogP contribution >= 0.6 is 12.4 Å². The van der Waals surface area contributed by atoms with Gasteiger partial charge in [-0.1, -0.05) is 6.92 Å². The topological polar surface area (TPSA) is 110 Å². The Morgan fingerprint density at radius 1 is 1.17 bits per heavy atom. The molecule has 6 N–H and O–H groups in total. The Bertz CT molecular complexity index is 408. The average Bonchev–Trinajstić information content (AvgIpc) is 2.30. The lowest BCUT2D eigenvalue weighted by Crippen LogP contribution is -2.34. The van der Waals surface area contributed by atoms with Gasteiger partial charge in [0.2, 0.25) is 5.91 Å². The summed E-state index contributed by atoms with van der Waals surface area (Å²) in [5.41, 5.74) is 11.7. The third-order valence-electron chi connectivity index (χ3n) is 2.20. The molecular formula is C11H17ClN4O2. The molecule has 0 aliphatic rings. The lowest BCUT2D eigenvalue weighted by atomic mass is 10.2. The Kier molecular flexibility index (Phi) is 6.77. The van der Waals surface area contributed by atoms with Crippen molar-refractivity contribution in [2.45, 2.75) is 19.4 Å². The highest BCUT2D eigenvalue weighted by Gasteiger charge is 2.10. The number of rotatable bonds is 4. The molecule has 0 saturated heterocycles. The van der Waals surface area contributed by atoms with E-state index >= 15 is 0 Å². The fourth-order valence-electron chi connectivity index (χ4n) is 1.20. The maximum absolute atomic E-state index is 11.5. The van der Waals surface area contributed by atoms with E-state index in [1.165, 1.54) is 0 Å². The number of urea groups is 1. The van der Waals surface area contributed by atoms with E-state index in [1.54, 1.807) is 24.3 Å². The number of amides is 3. The molecule has 18 heavy (non-hydrogen) atoms. The van der Waals surface area contributed by atoms with Gasteiger partial charge in [0, 0.05) is 11.4 Å². The van der Waals surface area contributed by atoms with E-state index in [0.717, 1.165) is 0 Å². The summed E-state index contributed by atoms with van der Waals surface area (Å²) in [5.74, 6) is -0.233. The quantitative estimate of drug-likeness (QED) is 0.662. The van der Waals surface area contributed by atoms with Crippen LogP contribution in [0.1, 0.15) is 13.3 Å². The third-order valence-corrected chi connectivity index (χ3v) is 2.20. The minimum Gasteiger partial charge on any atom is -0.351 e. The summed E-state index contributed by atoms with van der Waals surface area (Å²) in [6.07, 6.45) is 0.577. The summed E-state index contributed by atoms with van der Waals surface area (Å²) >= 11 is 0. The van der Waals surface area contributed by atoms with Gasteiger partial charge in [0.15, 0.2) is 0 Å². The van der Waals surface area contributed by atoms with Crippen LogP contribution in [0.25, 0.3) is 0 Å². The van der Waals surface area contributed by atoms with Crippen LogP contribution in [-0.4, -0.2) is 18.0 Å². The molecule has 0 heterocycles. The number of primary amides is 1. The van der Waals surface area contributed by atoms with E-state index in [2.05, 4.69) is 10.6 Å². The average molecular weight is 273 g/mol. The predicted octanol–water partition coefficient (Wildman–Crippen LogP) is 1.27. The number of anilines is 2. The fraction of sp³-hybridized carbons (Fsp3) is 0.273. The Morgan fingerprint density at radius 3 is 2.00 bits per heavy atom. The van der Waals surface area contributed by atoms with Crippen LogP contribution in [0.4, 0.5) is 16.2 Å². The zero-order chi connectivity index (χ0) is 12.8. The van der Waals surface area contributed by atoms with E-state index in [4.69, 9.17) is 11.5 Å². The SMILES string of the molecule is CC[C@H](N)C(=O)Nc1ccc(NC(N)=O)cc1.Cl. The highest BCUT2D eigenvalue weighted by molar-refractivity contribution is 5.95. The maximum Gasteiger partial charge on any atom is 0.316 e. The molecule has 0 radical (unpaired) electrons. The lowest BCUT2D eigenvalue weighted by molar-refractivity contribution is -0.117. The van der Waals surface area contributed by atoms with Gasteiger partial charge in [-0.3, -0.25) is 4.79 Å². The monoisotopic (exact) mass is 272 g/mol.